The third-order valence-corrected chi connectivity index (χ3v) is 4.94. The van der Waals surface area contributed by atoms with E-state index in [9.17, 15) is 0 Å². The molecule has 5 heteroatoms. The molecule has 0 bridgehead atoms. The van der Waals surface area contributed by atoms with Gasteiger partial charge in [-0.05, 0) is 41.5 Å². The number of hydrogen-bond acceptors (Lipinski definition) is 4. The van der Waals surface area contributed by atoms with Crippen molar-refractivity contribution in [2.75, 3.05) is 31.2 Å². The molecule has 2 aliphatic rings. The van der Waals surface area contributed by atoms with Gasteiger partial charge in [0.25, 0.3) is 0 Å². The summed E-state index contributed by atoms with van der Waals surface area (Å²) in [5.74, 6) is 0. The fourth-order valence-electron chi connectivity index (χ4n) is 3.36. The summed E-state index contributed by atoms with van der Waals surface area (Å²) < 4.78 is 5.50. The molecule has 1 saturated heterocycles. The third-order valence-electron chi connectivity index (χ3n) is 4.68. The highest BCUT2D eigenvalue weighted by molar-refractivity contribution is 6.30. The van der Waals surface area contributed by atoms with Gasteiger partial charge in [0.1, 0.15) is 0 Å². The molecule has 4 nitrogen and oxygen atoms in total. The van der Waals surface area contributed by atoms with E-state index in [1.807, 2.05) is 24.4 Å². The van der Waals surface area contributed by atoms with E-state index >= 15 is 0 Å². The first-order valence-electron chi connectivity index (χ1n) is 8.88. The van der Waals surface area contributed by atoms with Crippen LogP contribution in [0.25, 0.3) is 5.70 Å². The lowest BCUT2D eigenvalue weighted by molar-refractivity contribution is 0.122. The second kappa shape index (κ2) is 7.85. The van der Waals surface area contributed by atoms with E-state index in [1.165, 1.54) is 11.3 Å². The maximum Gasteiger partial charge on any atom is 0.0664 e. The van der Waals surface area contributed by atoms with Crippen molar-refractivity contribution >= 4 is 23.0 Å². The number of anilines is 1. The Morgan fingerprint density at radius 3 is 2.58 bits per heavy atom. The van der Waals surface area contributed by atoms with Gasteiger partial charge in [-0.2, -0.15) is 0 Å². The van der Waals surface area contributed by atoms with E-state index < -0.39 is 0 Å². The van der Waals surface area contributed by atoms with Gasteiger partial charge >= 0.3 is 0 Å². The predicted molar refractivity (Wildman–Crippen MR) is 107 cm³/mol. The summed E-state index contributed by atoms with van der Waals surface area (Å²) in [7, 11) is 0. The van der Waals surface area contributed by atoms with Crippen LogP contribution in [-0.2, 0) is 11.3 Å². The molecule has 0 aromatic heterocycles. The number of nitrogens with zero attached hydrogens (tertiary/aromatic N) is 2. The Morgan fingerprint density at radius 2 is 1.77 bits per heavy atom. The number of halogens is 1. The van der Waals surface area contributed by atoms with Crippen LogP contribution in [0, 0.1) is 0 Å². The molecule has 0 atom stereocenters. The lowest BCUT2D eigenvalue weighted by atomic mass is 10.1. The van der Waals surface area contributed by atoms with Crippen LogP contribution >= 0.6 is 11.6 Å². The maximum atomic E-state index is 6.05. The maximum absolute atomic E-state index is 6.05. The first-order chi connectivity index (χ1) is 12.8. The van der Waals surface area contributed by atoms with Crippen LogP contribution < -0.4 is 10.3 Å². The molecule has 2 aromatic carbocycles. The zero-order valence-electron chi connectivity index (χ0n) is 14.6. The van der Waals surface area contributed by atoms with Crippen molar-refractivity contribution < 1.29 is 4.74 Å². The van der Waals surface area contributed by atoms with Crippen molar-refractivity contribution in [2.24, 2.45) is 0 Å². The molecular formula is C21H22ClN3O. The SMILES string of the molecule is Clc1ccc(C2=CC=CNN2Cc2ccccc2N2CCOCC2)cc1. The van der Waals surface area contributed by atoms with Crippen molar-refractivity contribution in [3.05, 3.63) is 83.0 Å². The molecule has 0 amide bonds. The Kier molecular flexibility index (Phi) is 5.14. The summed E-state index contributed by atoms with van der Waals surface area (Å²) in [4.78, 5) is 2.41. The van der Waals surface area contributed by atoms with Gasteiger partial charge < -0.3 is 15.1 Å². The molecule has 2 aliphatic heterocycles. The first kappa shape index (κ1) is 17.0. The molecule has 2 aromatic rings. The molecular weight excluding hydrogens is 346 g/mol. The lowest BCUT2D eigenvalue weighted by Crippen LogP contribution is -2.38. The number of rotatable bonds is 4. The summed E-state index contributed by atoms with van der Waals surface area (Å²) in [6.07, 6.45) is 6.10. The fraction of sp³-hybridized carbons (Fsp3) is 0.238. The number of morpholine rings is 1. The summed E-state index contributed by atoms with van der Waals surface area (Å²) in [5, 5.41) is 2.92. The Bertz CT molecular complexity index is 810. The largest absolute Gasteiger partial charge is 0.378 e. The first-order valence-corrected chi connectivity index (χ1v) is 9.26. The van der Waals surface area contributed by atoms with Crippen LogP contribution in [0.5, 0.6) is 0 Å². The zero-order valence-corrected chi connectivity index (χ0v) is 15.3. The van der Waals surface area contributed by atoms with E-state index in [0.717, 1.165) is 49.1 Å². The number of allylic oxidation sites excluding steroid dienone is 2. The van der Waals surface area contributed by atoms with Crippen molar-refractivity contribution in [1.82, 2.24) is 10.4 Å². The van der Waals surface area contributed by atoms with Crippen LogP contribution in [0.4, 0.5) is 5.69 Å². The van der Waals surface area contributed by atoms with Gasteiger partial charge in [-0.1, -0.05) is 41.9 Å². The highest BCUT2D eigenvalue weighted by atomic mass is 35.5. The average Bonchev–Trinajstić information content (AvgIpc) is 2.70. The molecule has 0 aliphatic carbocycles. The molecule has 0 unspecified atom stereocenters. The number of nitrogens with one attached hydrogen (secondary N) is 1. The van der Waals surface area contributed by atoms with Gasteiger partial charge in [0.15, 0.2) is 0 Å². The second-order valence-corrected chi connectivity index (χ2v) is 6.80. The molecule has 1 fully saturated rings. The Hall–Kier alpha value is -2.43. The average molecular weight is 368 g/mol. The van der Waals surface area contributed by atoms with Gasteiger partial charge in [-0.15, -0.1) is 0 Å². The highest BCUT2D eigenvalue weighted by Crippen LogP contribution is 2.27. The van der Waals surface area contributed by atoms with Crippen molar-refractivity contribution in [3.8, 4) is 0 Å². The molecule has 0 saturated carbocycles. The second-order valence-electron chi connectivity index (χ2n) is 6.36. The molecule has 0 spiro atoms. The van der Waals surface area contributed by atoms with Gasteiger partial charge in [0.2, 0.25) is 0 Å². The van der Waals surface area contributed by atoms with E-state index in [0.29, 0.717) is 0 Å². The minimum atomic E-state index is 0.748. The van der Waals surface area contributed by atoms with Crippen molar-refractivity contribution in [2.45, 2.75) is 6.54 Å². The fourth-order valence-corrected chi connectivity index (χ4v) is 3.49. The summed E-state index contributed by atoms with van der Waals surface area (Å²) in [6.45, 7) is 4.21. The van der Waals surface area contributed by atoms with Crippen LogP contribution in [0.15, 0.2) is 66.9 Å². The Balaban J connectivity index is 1.59. The van der Waals surface area contributed by atoms with Gasteiger partial charge in [-0.3, -0.25) is 5.01 Å². The van der Waals surface area contributed by atoms with E-state index in [4.69, 9.17) is 16.3 Å². The van der Waals surface area contributed by atoms with Crippen molar-refractivity contribution in [3.63, 3.8) is 0 Å². The highest BCUT2D eigenvalue weighted by Gasteiger charge is 2.18. The molecule has 4 rings (SSSR count). The van der Waals surface area contributed by atoms with Gasteiger partial charge in [0.05, 0.1) is 25.5 Å². The number of hydrogen-bond donors (Lipinski definition) is 1. The van der Waals surface area contributed by atoms with Crippen LogP contribution in [0.2, 0.25) is 5.02 Å². The van der Waals surface area contributed by atoms with Crippen LogP contribution in [-0.4, -0.2) is 31.3 Å². The minimum absolute atomic E-state index is 0.748. The summed E-state index contributed by atoms with van der Waals surface area (Å²) in [5.41, 5.74) is 8.20. The Morgan fingerprint density at radius 1 is 1.00 bits per heavy atom. The van der Waals surface area contributed by atoms with E-state index in [1.54, 1.807) is 0 Å². The topological polar surface area (TPSA) is 27.7 Å². The standard InChI is InChI=1S/C21H22ClN3O/c22-19-9-7-17(8-10-19)21-6-3-11-23-25(21)16-18-4-1-2-5-20(18)24-12-14-26-15-13-24/h1-11,23H,12-16H2. The third kappa shape index (κ3) is 3.71. The molecule has 26 heavy (non-hydrogen) atoms. The van der Waals surface area contributed by atoms with Gasteiger partial charge in [-0.25, -0.2) is 0 Å². The van der Waals surface area contributed by atoms with Crippen LogP contribution in [0.3, 0.4) is 0 Å². The van der Waals surface area contributed by atoms with E-state index in [-0.39, 0.29) is 0 Å². The summed E-state index contributed by atoms with van der Waals surface area (Å²) >= 11 is 6.05. The monoisotopic (exact) mass is 367 g/mol. The molecule has 1 N–H and O–H groups in total. The molecule has 0 radical (unpaired) electrons. The number of para-hydroxylation sites is 1. The summed E-state index contributed by atoms with van der Waals surface area (Å²) in [6, 6.07) is 16.6. The Labute approximate surface area is 159 Å². The number of ether oxygens (including phenoxy) is 1. The normalized spacial score (nSPS) is 17.0. The molecule has 134 valence electrons. The van der Waals surface area contributed by atoms with Gasteiger partial charge in [0, 0.05) is 30.0 Å². The smallest absolute Gasteiger partial charge is 0.0664 e. The number of hydrazine groups is 1. The van der Waals surface area contributed by atoms with Crippen molar-refractivity contribution in [1.29, 1.82) is 0 Å². The zero-order chi connectivity index (χ0) is 17.8. The molecule has 2 heterocycles. The van der Waals surface area contributed by atoms with Crippen LogP contribution in [0.1, 0.15) is 11.1 Å². The predicted octanol–water partition coefficient (Wildman–Crippen LogP) is 4.05. The van der Waals surface area contributed by atoms with E-state index in [2.05, 4.69) is 57.8 Å². The minimum Gasteiger partial charge on any atom is -0.378 e. The quantitative estimate of drug-likeness (QED) is 0.882. The lowest BCUT2D eigenvalue weighted by Gasteiger charge is -2.34. The number of benzene rings is 2.